The Morgan fingerprint density at radius 2 is 1.68 bits per heavy atom. The van der Waals surface area contributed by atoms with E-state index in [1.54, 1.807) is 0 Å². The lowest BCUT2D eigenvalue weighted by atomic mass is 9.87. The van der Waals surface area contributed by atoms with Crippen molar-refractivity contribution in [3.8, 4) is 11.5 Å². The van der Waals surface area contributed by atoms with E-state index in [0.29, 0.717) is 12.1 Å². The molecule has 0 spiro atoms. The first-order chi connectivity index (χ1) is 9.29. The van der Waals surface area contributed by atoms with Crippen molar-refractivity contribution < 1.29 is 4.74 Å². The van der Waals surface area contributed by atoms with Crippen molar-refractivity contribution in [2.75, 3.05) is 5.32 Å². The van der Waals surface area contributed by atoms with Gasteiger partial charge in [0, 0.05) is 23.8 Å². The molecule has 0 aromatic heterocycles. The first-order valence-corrected chi connectivity index (χ1v) is 6.65. The minimum atomic E-state index is 0.362. The van der Waals surface area contributed by atoms with Gasteiger partial charge in [-0.3, -0.25) is 0 Å². The van der Waals surface area contributed by atoms with Crippen LogP contribution in [0.4, 0.5) is 5.69 Å². The van der Waals surface area contributed by atoms with Crippen LogP contribution in [-0.2, 0) is 0 Å². The first kappa shape index (κ1) is 12.1. The van der Waals surface area contributed by atoms with Gasteiger partial charge >= 0.3 is 0 Å². The fraction of sp³-hybridized carbons (Fsp3) is 0.250. The molecule has 1 aliphatic rings. The summed E-state index contributed by atoms with van der Waals surface area (Å²) in [4.78, 5) is 0. The van der Waals surface area contributed by atoms with Crippen molar-refractivity contribution in [1.29, 1.82) is 0 Å². The number of ether oxygens (including phenoxy) is 1. The van der Waals surface area contributed by atoms with Gasteiger partial charge in [-0.25, -0.2) is 0 Å². The number of hydrogen-bond donors (Lipinski definition) is 2. The van der Waals surface area contributed by atoms with Crippen LogP contribution in [0.1, 0.15) is 12.8 Å². The van der Waals surface area contributed by atoms with Crippen LogP contribution in [0, 0.1) is 0 Å². The molecule has 1 saturated carbocycles. The number of para-hydroxylation sites is 1. The highest BCUT2D eigenvalue weighted by Gasteiger charge is 2.25. The second-order valence-electron chi connectivity index (χ2n) is 5.02. The van der Waals surface area contributed by atoms with E-state index in [1.807, 2.05) is 48.5 Å². The highest BCUT2D eigenvalue weighted by molar-refractivity contribution is 5.50. The Labute approximate surface area is 113 Å². The molecule has 3 nitrogen and oxygen atoms in total. The summed E-state index contributed by atoms with van der Waals surface area (Å²) in [5, 5.41) is 3.47. The highest BCUT2D eigenvalue weighted by atomic mass is 16.5. The molecule has 98 valence electrons. The summed E-state index contributed by atoms with van der Waals surface area (Å²) in [7, 11) is 0. The number of anilines is 1. The summed E-state index contributed by atoms with van der Waals surface area (Å²) in [5.74, 6) is 1.70. The fourth-order valence-electron chi connectivity index (χ4n) is 2.29. The van der Waals surface area contributed by atoms with Crippen molar-refractivity contribution in [2.45, 2.75) is 24.9 Å². The quantitative estimate of drug-likeness (QED) is 0.879. The Bertz CT molecular complexity index is 535. The van der Waals surface area contributed by atoms with Gasteiger partial charge in [0.2, 0.25) is 0 Å². The van der Waals surface area contributed by atoms with Gasteiger partial charge in [0.15, 0.2) is 0 Å². The lowest BCUT2D eigenvalue weighted by Gasteiger charge is -2.33. The number of benzene rings is 2. The number of nitrogens with two attached hydrogens (primary N) is 1. The zero-order valence-electron chi connectivity index (χ0n) is 10.8. The maximum atomic E-state index is 5.81. The van der Waals surface area contributed by atoms with E-state index in [9.17, 15) is 0 Å². The summed E-state index contributed by atoms with van der Waals surface area (Å²) >= 11 is 0. The lowest BCUT2D eigenvalue weighted by Crippen LogP contribution is -2.44. The van der Waals surface area contributed by atoms with E-state index in [0.717, 1.165) is 30.0 Å². The largest absolute Gasteiger partial charge is 0.457 e. The Balaban J connectivity index is 1.66. The number of rotatable bonds is 4. The summed E-state index contributed by atoms with van der Waals surface area (Å²) in [5.41, 5.74) is 6.88. The molecule has 1 aliphatic carbocycles. The number of nitrogens with one attached hydrogen (secondary N) is 1. The molecule has 1 fully saturated rings. The molecule has 0 atom stereocenters. The molecule has 3 heteroatoms. The van der Waals surface area contributed by atoms with E-state index in [-0.39, 0.29) is 0 Å². The molecule has 0 aliphatic heterocycles. The molecule has 2 aromatic carbocycles. The summed E-state index contributed by atoms with van der Waals surface area (Å²) in [6.07, 6.45) is 2.09. The topological polar surface area (TPSA) is 47.3 Å². The molecule has 3 N–H and O–H groups in total. The molecule has 0 bridgehead atoms. The van der Waals surface area contributed by atoms with Gasteiger partial charge < -0.3 is 15.8 Å². The van der Waals surface area contributed by atoms with Crippen LogP contribution in [0.3, 0.4) is 0 Å². The molecule has 3 rings (SSSR count). The van der Waals surface area contributed by atoms with Crippen molar-refractivity contribution >= 4 is 5.69 Å². The van der Waals surface area contributed by atoms with Crippen LogP contribution >= 0.6 is 0 Å². The van der Waals surface area contributed by atoms with Crippen LogP contribution in [0.25, 0.3) is 0 Å². The SMILES string of the molecule is NC1CC(Nc2cccc(Oc3ccccc3)c2)C1. The van der Waals surface area contributed by atoms with Crippen LogP contribution in [-0.4, -0.2) is 12.1 Å². The van der Waals surface area contributed by atoms with Gasteiger partial charge in [0.05, 0.1) is 0 Å². The second-order valence-corrected chi connectivity index (χ2v) is 5.02. The van der Waals surface area contributed by atoms with Crippen LogP contribution in [0.15, 0.2) is 54.6 Å². The van der Waals surface area contributed by atoms with Crippen LogP contribution < -0.4 is 15.8 Å². The predicted molar refractivity (Wildman–Crippen MR) is 77.6 cm³/mol. The zero-order valence-corrected chi connectivity index (χ0v) is 10.8. The zero-order chi connectivity index (χ0) is 13.1. The maximum Gasteiger partial charge on any atom is 0.129 e. The molecule has 0 heterocycles. The summed E-state index contributed by atoms with van der Waals surface area (Å²) in [6, 6.07) is 18.7. The molecule has 0 amide bonds. The third kappa shape index (κ3) is 3.06. The van der Waals surface area contributed by atoms with Crippen molar-refractivity contribution in [2.24, 2.45) is 5.73 Å². The predicted octanol–water partition coefficient (Wildman–Crippen LogP) is 3.38. The van der Waals surface area contributed by atoms with Crippen LogP contribution in [0.5, 0.6) is 11.5 Å². The van der Waals surface area contributed by atoms with Gasteiger partial charge in [-0.05, 0) is 37.1 Å². The third-order valence-electron chi connectivity index (χ3n) is 3.36. The van der Waals surface area contributed by atoms with Crippen molar-refractivity contribution in [3.63, 3.8) is 0 Å². The molecular weight excluding hydrogens is 236 g/mol. The molecular formula is C16H18N2O. The summed E-state index contributed by atoms with van der Waals surface area (Å²) < 4.78 is 5.81. The minimum Gasteiger partial charge on any atom is -0.457 e. The van der Waals surface area contributed by atoms with Crippen molar-refractivity contribution in [1.82, 2.24) is 0 Å². The Morgan fingerprint density at radius 1 is 0.947 bits per heavy atom. The lowest BCUT2D eigenvalue weighted by molar-refractivity contribution is 0.373. The average molecular weight is 254 g/mol. The Kier molecular flexibility index (Phi) is 3.38. The Morgan fingerprint density at radius 3 is 2.42 bits per heavy atom. The van der Waals surface area contributed by atoms with Gasteiger partial charge in [0.1, 0.15) is 11.5 Å². The second kappa shape index (κ2) is 5.33. The maximum absolute atomic E-state index is 5.81. The molecule has 0 radical (unpaired) electrons. The average Bonchev–Trinajstić information content (AvgIpc) is 2.39. The molecule has 0 unspecified atom stereocenters. The van der Waals surface area contributed by atoms with Crippen LogP contribution in [0.2, 0.25) is 0 Å². The highest BCUT2D eigenvalue weighted by Crippen LogP contribution is 2.27. The van der Waals surface area contributed by atoms with Gasteiger partial charge in [0.25, 0.3) is 0 Å². The van der Waals surface area contributed by atoms with E-state index in [4.69, 9.17) is 10.5 Å². The monoisotopic (exact) mass is 254 g/mol. The Hall–Kier alpha value is -2.00. The van der Waals surface area contributed by atoms with E-state index in [2.05, 4.69) is 11.4 Å². The fourth-order valence-corrected chi connectivity index (χ4v) is 2.29. The van der Waals surface area contributed by atoms with E-state index >= 15 is 0 Å². The number of hydrogen-bond acceptors (Lipinski definition) is 3. The minimum absolute atomic E-state index is 0.362. The van der Waals surface area contributed by atoms with E-state index < -0.39 is 0 Å². The van der Waals surface area contributed by atoms with Crippen molar-refractivity contribution in [3.05, 3.63) is 54.6 Å². The molecule has 0 saturated heterocycles. The van der Waals surface area contributed by atoms with E-state index in [1.165, 1.54) is 0 Å². The smallest absolute Gasteiger partial charge is 0.129 e. The molecule has 19 heavy (non-hydrogen) atoms. The van der Waals surface area contributed by atoms with Gasteiger partial charge in [-0.15, -0.1) is 0 Å². The van der Waals surface area contributed by atoms with Gasteiger partial charge in [-0.2, -0.15) is 0 Å². The van der Waals surface area contributed by atoms with Gasteiger partial charge in [-0.1, -0.05) is 24.3 Å². The normalized spacial score (nSPS) is 21.5. The summed E-state index contributed by atoms with van der Waals surface area (Å²) in [6.45, 7) is 0. The first-order valence-electron chi connectivity index (χ1n) is 6.65. The molecule has 2 aromatic rings. The third-order valence-corrected chi connectivity index (χ3v) is 3.36. The standard InChI is InChI=1S/C16H18N2O/c17-12-9-14(10-12)18-13-5-4-8-16(11-13)19-15-6-2-1-3-7-15/h1-8,11-12,14,18H,9-10,17H2.